The third kappa shape index (κ3) is 1.60. The molecular weight excluding hydrogens is 278 g/mol. The van der Waals surface area contributed by atoms with Crippen molar-refractivity contribution in [3.8, 4) is 28.5 Å². The van der Waals surface area contributed by atoms with Gasteiger partial charge < -0.3 is 24.2 Å². The number of hydrogen-bond donors (Lipinski definition) is 2. The van der Waals surface area contributed by atoms with Gasteiger partial charge in [0.25, 0.3) is 0 Å². The van der Waals surface area contributed by atoms with Gasteiger partial charge in [-0.05, 0) is 0 Å². The lowest BCUT2D eigenvalue weighted by atomic mass is 9.96. The molecular formula is C14H11NO6. The van der Waals surface area contributed by atoms with Crippen LogP contribution in [-0.2, 0) is 12.8 Å². The molecule has 3 heterocycles. The number of fused-ring (bicyclic) bond motifs is 2. The summed E-state index contributed by atoms with van der Waals surface area (Å²) in [5.74, 6) is -0.327. The molecule has 2 aliphatic heterocycles. The van der Waals surface area contributed by atoms with Crippen LogP contribution in [0, 0.1) is 0 Å². The van der Waals surface area contributed by atoms with Gasteiger partial charge in [0.2, 0.25) is 5.76 Å². The molecule has 0 radical (unpaired) electrons. The van der Waals surface area contributed by atoms with E-state index >= 15 is 0 Å². The van der Waals surface area contributed by atoms with Crippen LogP contribution in [0.3, 0.4) is 0 Å². The van der Waals surface area contributed by atoms with Crippen molar-refractivity contribution < 1.29 is 29.0 Å². The zero-order chi connectivity index (χ0) is 14.6. The molecule has 0 atom stereocenters. The zero-order valence-electron chi connectivity index (χ0n) is 10.9. The van der Waals surface area contributed by atoms with Crippen LogP contribution in [0.15, 0.2) is 10.6 Å². The Kier molecular flexibility index (Phi) is 2.38. The van der Waals surface area contributed by atoms with E-state index in [-0.39, 0.29) is 11.5 Å². The van der Waals surface area contributed by atoms with E-state index in [2.05, 4.69) is 5.16 Å². The molecule has 0 saturated heterocycles. The van der Waals surface area contributed by atoms with Crippen LogP contribution in [0.1, 0.15) is 21.7 Å². The van der Waals surface area contributed by atoms with Crippen LogP contribution >= 0.6 is 0 Å². The largest absolute Gasteiger partial charge is 0.504 e. The fraction of sp³-hybridized carbons (Fsp3) is 0.286. The highest BCUT2D eigenvalue weighted by Gasteiger charge is 2.33. The van der Waals surface area contributed by atoms with E-state index in [9.17, 15) is 9.90 Å². The maximum absolute atomic E-state index is 10.9. The first-order valence-corrected chi connectivity index (χ1v) is 6.53. The molecule has 2 N–H and O–H groups in total. The summed E-state index contributed by atoms with van der Waals surface area (Å²) < 4.78 is 15.9. The van der Waals surface area contributed by atoms with E-state index in [0.29, 0.717) is 54.4 Å². The second-order valence-corrected chi connectivity index (χ2v) is 4.92. The van der Waals surface area contributed by atoms with Crippen molar-refractivity contribution >= 4 is 5.97 Å². The summed E-state index contributed by atoms with van der Waals surface area (Å²) in [5.41, 5.74) is 2.49. The SMILES string of the molecule is O=C(O)c1cc(-c2c3c(c(O)c4c2OCC4)OCC3)no1. The Balaban J connectivity index is 1.98. The Morgan fingerprint density at radius 1 is 1.14 bits per heavy atom. The molecule has 2 aliphatic rings. The Labute approximate surface area is 118 Å². The predicted molar refractivity (Wildman–Crippen MR) is 69.0 cm³/mol. The zero-order valence-corrected chi connectivity index (χ0v) is 10.9. The molecule has 0 bridgehead atoms. The predicted octanol–water partition coefficient (Wildman–Crippen LogP) is 1.62. The third-order valence-corrected chi connectivity index (χ3v) is 3.75. The number of carboxylic acids is 1. The summed E-state index contributed by atoms with van der Waals surface area (Å²) in [6.07, 6.45) is 1.18. The van der Waals surface area contributed by atoms with Gasteiger partial charge in [-0.1, -0.05) is 5.16 Å². The number of nitrogens with zero attached hydrogens (tertiary/aromatic N) is 1. The third-order valence-electron chi connectivity index (χ3n) is 3.75. The number of rotatable bonds is 2. The molecule has 108 valence electrons. The van der Waals surface area contributed by atoms with E-state index < -0.39 is 5.97 Å². The van der Waals surface area contributed by atoms with E-state index in [1.807, 2.05) is 0 Å². The van der Waals surface area contributed by atoms with Crippen LogP contribution in [0.2, 0.25) is 0 Å². The lowest BCUT2D eigenvalue weighted by Crippen LogP contribution is -1.94. The average Bonchev–Trinajstić information content (AvgIpc) is 3.19. The number of aromatic hydroxyl groups is 1. The second kappa shape index (κ2) is 4.15. The quantitative estimate of drug-likeness (QED) is 0.865. The Morgan fingerprint density at radius 2 is 1.86 bits per heavy atom. The highest BCUT2D eigenvalue weighted by Crippen LogP contribution is 2.51. The smallest absolute Gasteiger partial charge is 0.374 e. The topological polar surface area (TPSA) is 102 Å². The minimum Gasteiger partial charge on any atom is -0.504 e. The summed E-state index contributed by atoms with van der Waals surface area (Å²) in [6, 6.07) is 1.36. The minimum absolute atomic E-state index is 0.112. The van der Waals surface area contributed by atoms with Gasteiger partial charge in [0.1, 0.15) is 11.4 Å². The average molecular weight is 289 g/mol. The van der Waals surface area contributed by atoms with Crippen molar-refractivity contribution in [2.24, 2.45) is 0 Å². The maximum Gasteiger partial charge on any atom is 0.374 e. The van der Waals surface area contributed by atoms with Crippen molar-refractivity contribution in [2.45, 2.75) is 12.8 Å². The van der Waals surface area contributed by atoms with E-state index in [4.69, 9.17) is 19.1 Å². The Bertz CT molecular complexity index is 728. The summed E-state index contributed by atoms with van der Waals surface area (Å²) >= 11 is 0. The first-order chi connectivity index (χ1) is 10.2. The van der Waals surface area contributed by atoms with Crippen LogP contribution in [-0.4, -0.2) is 34.6 Å². The highest BCUT2D eigenvalue weighted by atomic mass is 16.5. The number of ether oxygens (including phenoxy) is 2. The molecule has 1 aromatic carbocycles. The summed E-state index contributed by atoms with van der Waals surface area (Å²) in [5, 5.41) is 23.0. The lowest BCUT2D eigenvalue weighted by molar-refractivity contribution is 0.0652. The number of aromatic carboxylic acids is 1. The number of aromatic nitrogens is 1. The fourth-order valence-corrected chi connectivity index (χ4v) is 2.85. The molecule has 0 aliphatic carbocycles. The van der Waals surface area contributed by atoms with Crippen molar-refractivity contribution in [1.29, 1.82) is 0 Å². The molecule has 0 saturated carbocycles. The van der Waals surface area contributed by atoms with Crippen molar-refractivity contribution in [1.82, 2.24) is 5.16 Å². The van der Waals surface area contributed by atoms with Crippen molar-refractivity contribution in [2.75, 3.05) is 13.2 Å². The molecule has 0 spiro atoms. The number of hydrogen-bond acceptors (Lipinski definition) is 6. The molecule has 0 unspecified atom stereocenters. The van der Waals surface area contributed by atoms with Gasteiger partial charge in [-0.15, -0.1) is 0 Å². The monoisotopic (exact) mass is 289 g/mol. The fourth-order valence-electron chi connectivity index (χ4n) is 2.85. The van der Waals surface area contributed by atoms with Crippen molar-refractivity contribution in [3.05, 3.63) is 23.0 Å². The first kappa shape index (κ1) is 12.1. The van der Waals surface area contributed by atoms with Crippen LogP contribution in [0.4, 0.5) is 0 Å². The van der Waals surface area contributed by atoms with Gasteiger partial charge in [0, 0.05) is 30.0 Å². The Hall–Kier alpha value is -2.70. The molecule has 0 fully saturated rings. The number of benzene rings is 1. The van der Waals surface area contributed by atoms with Gasteiger partial charge in [-0.3, -0.25) is 0 Å². The Morgan fingerprint density at radius 3 is 2.57 bits per heavy atom. The van der Waals surface area contributed by atoms with Crippen molar-refractivity contribution in [3.63, 3.8) is 0 Å². The molecule has 1 aromatic heterocycles. The number of carboxylic acid groups (broad SMARTS) is 1. The molecule has 4 rings (SSSR count). The van der Waals surface area contributed by atoms with Crippen LogP contribution < -0.4 is 9.47 Å². The van der Waals surface area contributed by atoms with Crippen LogP contribution in [0.5, 0.6) is 17.2 Å². The van der Waals surface area contributed by atoms with Gasteiger partial charge in [-0.25, -0.2) is 4.79 Å². The first-order valence-electron chi connectivity index (χ1n) is 6.53. The van der Waals surface area contributed by atoms with Crippen LogP contribution in [0.25, 0.3) is 11.3 Å². The van der Waals surface area contributed by atoms with Gasteiger partial charge in [-0.2, -0.15) is 0 Å². The van der Waals surface area contributed by atoms with Gasteiger partial charge in [0.05, 0.1) is 18.8 Å². The number of phenols is 1. The van der Waals surface area contributed by atoms with E-state index in [0.717, 1.165) is 5.56 Å². The molecule has 21 heavy (non-hydrogen) atoms. The normalized spacial score (nSPS) is 15.2. The maximum atomic E-state index is 10.9. The summed E-state index contributed by atoms with van der Waals surface area (Å²) in [6.45, 7) is 0.921. The second-order valence-electron chi connectivity index (χ2n) is 4.92. The summed E-state index contributed by atoms with van der Waals surface area (Å²) in [7, 11) is 0. The molecule has 7 nitrogen and oxygen atoms in total. The number of carbonyl (C=O) groups is 1. The molecule has 7 heteroatoms. The standard InChI is InChI=1S/C14H11NO6/c16-11-7-2-4-19-12(7)10(6-1-3-20-13(6)11)8-5-9(14(17)18)21-15-8/h5,16H,1-4H2,(H,17,18). The van der Waals surface area contributed by atoms with E-state index in [1.165, 1.54) is 6.07 Å². The van der Waals surface area contributed by atoms with Gasteiger partial charge in [0.15, 0.2) is 11.5 Å². The lowest BCUT2D eigenvalue weighted by Gasteiger charge is -2.12. The highest BCUT2D eigenvalue weighted by molar-refractivity contribution is 5.87. The van der Waals surface area contributed by atoms with Gasteiger partial charge >= 0.3 is 5.97 Å². The molecule has 0 amide bonds. The van der Waals surface area contributed by atoms with E-state index in [1.54, 1.807) is 0 Å². The molecule has 2 aromatic rings. The summed E-state index contributed by atoms with van der Waals surface area (Å²) in [4.78, 5) is 10.9. The number of phenolic OH excluding ortho intramolecular Hbond substituents is 1. The minimum atomic E-state index is -1.18.